The van der Waals surface area contributed by atoms with Gasteiger partial charge in [-0.05, 0) is 49.5 Å². The van der Waals surface area contributed by atoms with E-state index in [0.29, 0.717) is 32.1 Å². The topological polar surface area (TPSA) is 104 Å². The number of benzene rings is 1. The summed E-state index contributed by atoms with van der Waals surface area (Å²) in [5.74, 6) is -0.697. The minimum absolute atomic E-state index is 0.0396. The Morgan fingerprint density at radius 3 is 2.39 bits per heavy atom. The van der Waals surface area contributed by atoms with Gasteiger partial charge in [0.25, 0.3) is 0 Å². The van der Waals surface area contributed by atoms with Crippen molar-refractivity contribution in [2.75, 3.05) is 6.54 Å². The molecule has 7 heteroatoms. The SMILES string of the molecule is CC(C)C[C@@H]1NC(=O)[C@@H](Cc2ccccc2)CCCC[C@H]2CNC(=O)[C@@H]2C[C@@H](C=O)NC1=O. The van der Waals surface area contributed by atoms with Crippen molar-refractivity contribution in [1.82, 2.24) is 16.0 Å². The smallest absolute Gasteiger partial charge is 0.243 e. The Morgan fingerprint density at radius 2 is 1.70 bits per heavy atom. The molecule has 0 bridgehead atoms. The van der Waals surface area contributed by atoms with E-state index in [-0.39, 0.29) is 41.4 Å². The molecule has 33 heavy (non-hydrogen) atoms. The zero-order chi connectivity index (χ0) is 23.8. The van der Waals surface area contributed by atoms with E-state index in [4.69, 9.17) is 0 Å². The van der Waals surface area contributed by atoms with Crippen LogP contribution in [0.15, 0.2) is 30.3 Å². The van der Waals surface area contributed by atoms with E-state index in [1.165, 1.54) is 0 Å². The van der Waals surface area contributed by atoms with Crippen molar-refractivity contribution in [3.63, 3.8) is 0 Å². The zero-order valence-corrected chi connectivity index (χ0v) is 19.7. The van der Waals surface area contributed by atoms with E-state index in [1.54, 1.807) is 0 Å². The number of carbonyl (C=O) groups excluding carboxylic acids is 4. The second-order valence-electron chi connectivity index (χ2n) is 9.96. The molecule has 2 heterocycles. The van der Waals surface area contributed by atoms with Gasteiger partial charge in [0.15, 0.2) is 0 Å². The molecule has 3 amide bonds. The van der Waals surface area contributed by atoms with Gasteiger partial charge in [-0.15, -0.1) is 0 Å². The molecular formula is C26H37N3O4. The molecular weight excluding hydrogens is 418 g/mol. The molecule has 1 aromatic carbocycles. The van der Waals surface area contributed by atoms with Crippen LogP contribution in [0.5, 0.6) is 0 Å². The summed E-state index contributed by atoms with van der Waals surface area (Å²) >= 11 is 0. The summed E-state index contributed by atoms with van der Waals surface area (Å²) in [5, 5.41) is 8.69. The number of hydrogen-bond donors (Lipinski definition) is 3. The molecule has 3 rings (SSSR count). The van der Waals surface area contributed by atoms with Gasteiger partial charge in [-0.25, -0.2) is 0 Å². The average Bonchev–Trinajstić information content (AvgIpc) is 3.13. The van der Waals surface area contributed by atoms with Crippen molar-refractivity contribution < 1.29 is 19.2 Å². The molecule has 0 spiro atoms. The molecule has 2 fully saturated rings. The van der Waals surface area contributed by atoms with Crippen LogP contribution in [0.3, 0.4) is 0 Å². The van der Waals surface area contributed by atoms with Crippen molar-refractivity contribution in [2.24, 2.45) is 23.7 Å². The third-order valence-electron chi connectivity index (χ3n) is 6.86. The average molecular weight is 456 g/mol. The van der Waals surface area contributed by atoms with Crippen LogP contribution in [-0.4, -0.2) is 42.6 Å². The normalized spacial score (nSPS) is 29.4. The summed E-state index contributed by atoms with van der Waals surface area (Å²) < 4.78 is 0. The number of amides is 3. The molecule has 1 aromatic rings. The molecule has 5 atom stereocenters. The minimum Gasteiger partial charge on any atom is -0.356 e. The molecule has 0 aromatic heterocycles. The Morgan fingerprint density at radius 1 is 0.970 bits per heavy atom. The van der Waals surface area contributed by atoms with Crippen molar-refractivity contribution in [3.05, 3.63) is 35.9 Å². The van der Waals surface area contributed by atoms with Crippen molar-refractivity contribution in [3.8, 4) is 0 Å². The molecule has 2 aliphatic rings. The predicted molar refractivity (Wildman–Crippen MR) is 126 cm³/mol. The van der Waals surface area contributed by atoms with Gasteiger partial charge < -0.3 is 20.7 Å². The van der Waals surface area contributed by atoms with E-state index in [9.17, 15) is 19.2 Å². The first-order chi connectivity index (χ1) is 15.9. The van der Waals surface area contributed by atoms with Gasteiger partial charge in [0.2, 0.25) is 17.7 Å². The van der Waals surface area contributed by atoms with Gasteiger partial charge in [-0.3, -0.25) is 14.4 Å². The molecule has 7 nitrogen and oxygen atoms in total. The first-order valence-electron chi connectivity index (χ1n) is 12.2. The maximum absolute atomic E-state index is 13.3. The lowest BCUT2D eigenvalue weighted by molar-refractivity contribution is -0.132. The van der Waals surface area contributed by atoms with Crippen LogP contribution in [0.25, 0.3) is 0 Å². The van der Waals surface area contributed by atoms with Gasteiger partial charge in [0, 0.05) is 18.4 Å². The van der Waals surface area contributed by atoms with Gasteiger partial charge in [-0.1, -0.05) is 57.0 Å². The quantitative estimate of drug-likeness (QED) is 0.593. The molecule has 0 aliphatic carbocycles. The standard InChI is InChI=1S/C26H37N3O4/c1-17(2)12-23-26(33)28-21(16-30)14-22-20(15-27-25(22)32)11-7-6-10-19(24(31)29-23)13-18-8-4-3-5-9-18/h3-5,8-9,16-17,19-23H,6-7,10-15H2,1-2H3,(H,27,32)(H,28,33)(H,29,31)/t19-,20+,21+,22-,23+/m1/s1. The first-order valence-corrected chi connectivity index (χ1v) is 12.2. The Balaban J connectivity index is 1.82. The maximum atomic E-state index is 13.3. The van der Waals surface area contributed by atoms with Crippen LogP contribution in [0.4, 0.5) is 0 Å². The van der Waals surface area contributed by atoms with E-state index in [0.717, 1.165) is 31.2 Å². The third kappa shape index (κ3) is 7.14. The van der Waals surface area contributed by atoms with Gasteiger partial charge in [0.05, 0.1) is 6.04 Å². The van der Waals surface area contributed by atoms with E-state index >= 15 is 0 Å². The summed E-state index contributed by atoms with van der Waals surface area (Å²) in [6.45, 7) is 4.60. The minimum atomic E-state index is -0.747. The monoisotopic (exact) mass is 455 g/mol. The zero-order valence-electron chi connectivity index (χ0n) is 19.7. The van der Waals surface area contributed by atoms with Crippen LogP contribution in [-0.2, 0) is 25.6 Å². The summed E-state index contributed by atoms with van der Waals surface area (Å²) in [6, 6.07) is 8.47. The number of hydrogen-bond acceptors (Lipinski definition) is 4. The molecule has 3 N–H and O–H groups in total. The highest BCUT2D eigenvalue weighted by molar-refractivity contribution is 5.90. The van der Waals surface area contributed by atoms with E-state index < -0.39 is 12.1 Å². The summed E-state index contributed by atoms with van der Waals surface area (Å²) in [5.41, 5.74) is 1.09. The fourth-order valence-corrected chi connectivity index (χ4v) is 5.04. The van der Waals surface area contributed by atoms with Gasteiger partial charge in [0.1, 0.15) is 12.3 Å². The fraction of sp³-hybridized carbons (Fsp3) is 0.615. The third-order valence-corrected chi connectivity index (χ3v) is 6.86. The highest BCUT2D eigenvalue weighted by atomic mass is 16.2. The summed E-state index contributed by atoms with van der Waals surface area (Å²) in [6.07, 6.45) is 5.48. The van der Waals surface area contributed by atoms with Gasteiger partial charge in [-0.2, -0.15) is 0 Å². The number of fused-ring (bicyclic) bond motifs is 1. The van der Waals surface area contributed by atoms with Crippen LogP contribution in [0, 0.1) is 23.7 Å². The molecule has 2 aliphatic heterocycles. The van der Waals surface area contributed by atoms with E-state index in [2.05, 4.69) is 16.0 Å². The lowest BCUT2D eigenvalue weighted by atomic mass is 9.84. The Labute approximate surface area is 196 Å². The molecule has 0 unspecified atom stereocenters. The van der Waals surface area contributed by atoms with Crippen molar-refractivity contribution in [1.29, 1.82) is 0 Å². The Hall–Kier alpha value is -2.70. The second-order valence-corrected chi connectivity index (χ2v) is 9.96. The largest absolute Gasteiger partial charge is 0.356 e. The lowest BCUT2D eigenvalue weighted by Crippen LogP contribution is -2.52. The highest BCUT2D eigenvalue weighted by Crippen LogP contribution is 2.29. The van der Waals surface area contributed by atoms with Crippen molar-refractivity contribution >= 4 is 24.0 Å². The summed E-state index contributed by atoms with van der Waals surface area (Å²) in [7, 11) is 0. The molecule has 2 saturated heterocycles. The number of rotatable bonds is 5. The molecule has 0 saturated carbocycles. The summed E-state index contributed by atoms with van der Waals surface area (Å²) in [4.78, 5) is 50.5. The highest BCUT2D eigenvalue weighted by Gasteiger charge is 2.37. The second kappa shape index (κ2) is 12.0. The Bertz CT molecular complexity index is 826. The van der Waals surface area contributed by atoms with Crippen LogP contribution in [0.1, 0.15) is 57.9 Å². The lowest BCUT2D eigenvalue weighted by Gasteiger charge is -2.27. The van der Waals surface area contributed by atoms with Crippen LogP contribution >= 0.6 is 0 Å². The first kappa shape index (κ1) is 24.9. The number of aldehydes is 1. The number of nitrogens with one attached hydrogen (secondary N) is 3. The molecule has 180 valence electrons. The number of carbonyl (C=O) groups is 4. The van der Waals surface area contributed by atoms with Crippen LogP contribution < -0.4 is 16.0 Å². The Kier molecular flexibility index (Phi) is 9.03. The van der Waals surface area contributed by atoms with E-state index in [1.807, 2.05) is 44.2 Å². The maximum Gasteiger partial charge on any atom is 0.243 e. The fourth-order valence-electron chi connectivity index (χ4n) is 5.04. The van der Waals surface area contributed by atoms with Crippen LogP contribution in [0.2, 0.25) is 0 Å². The molecule has 0 radical (unpaired) electrons. The van der Waals surface area contributed by atoms with Crippen molar-refractivity contribution in [2.45, 2.75) is 70.9 Å². The predicted octanol–water partition coefficient (Wildman–Crippen LogP) is 2.39. The van der Waals surface area contributed by atoms with Gasteiger partial charge >= 0.3 is 0 Å².